The van der Waals surface area contributed by atoms with Crippen molar-refractivity contribution in [3.8, 4) is 17.2 Å². The maximum atomic E-state index is 6.59. The van der Waals surface area contributed by atoms with Gasteiger partial charge in [-0.15, -0.1) is 11.3 Å². The zero-order valence-corrected chi connectivity index (χ0v) is 18.3. The number of nitrogens with zero attached hydrogens (tertiary/aromatic N) is 3. The second kappa shape index (κ2) is 7.42. The molecule has 2 aliphatic heterocycles. The molecule has 0 bridgehead atoms. The van der Waals surface area contributed by atoms with Gasteiger partial charge in [0.2, 0.25) is 5.95 Å². The van der Waals surface area contributed by atoms with Crippen molar-refractivity contribution < 1.29 is 14.2 Å². The van der Waals surface area contributed by atoms with Gasteiger partial charge in [0, 0.05) is 16.0 Å². The molecule has 8 heteroatoms. The van der Waals surface area contributed by atoms with Crippen LogP contribution in [-0.4, -0.2) is 29.0 Å². The fourth-order valence-corrected chi connectivity index (χ4v) is 5.21. The summed E-state index contributed by atoms with van der Waals surface area (Å²) >= 11 is 1.68. The number of fused-ring (bicyclic) bond motifs is 3. The van der Waals surface area contributed by atoms with E-state index in [1.54, 1.807) is 31.9 Å². The highest BCUT2D eigenvalue weighted by molar-refractivity contribution is 7.10. The Morgan fingerprint density at radius 2 is 1.91 bits per heavy atom. The maximum absolute atomic E-state index is 6.59. The smallest absolute Gasteiger partial charge is 0.226 e. The molecule has 2 aromatic carbocycles. The molecule has 32 heavy (non-hydrogen) atoms. The molecule has 1 N–H and O–H groups in total. The molecule has 0 fully saturated rings. The van der Waals surface area contributed by atoms with Crippen LogP contribution in [0.3, 0.4) is 0 Å². The number of para-hydroxylation sites is 1. The summed E-state index contributed by atoms with van der Waals surface area (Å²) in [5.41, 5.74) is 4.10. The normalized spacial score (nSPS) is 18.7. The predicted octanol–water partition coefficient (Wildman–Crippen LogP) is 4.92. The van der Waals surface area contributed by atoms with Crippen LogP contribution in [0.1, 0.15) is 28.1 Å². The van der Waals surface area contributed by atoms with Gasteiger partial charge in [-0.1, -0.05) is 24.3 Å². The third kappa shape index (κ3) is 2.80. The zero-order valence-electron chi connectivity index (χ0n) is 17.5. The molecule has 0 saturated heterocycles. The lowest BCUT2D eigenvalue weighted by molar-refractivity contribution is 0.226. The SMILES string of the molecule is COc1ccc([C@H]2C3=C(Nc4ncnn42)c2ccccc2O[C@@H]3c2cccs2)cc1OC. The fourth-order valence-electron chi connectivity index (χ4n) is 4.44. The van der Waals surface area contributed by atoms with E-state index in [2.05, 4.69) is 32.9 Å². The summed E-state index contributed by atoms with van der Waals surface area (Å²) in [6.07, 6.45) is 1.31. The Morgan fingerprint density at radius 1 is 1.03 bits per heavy atom. The molecule has 160 valence electrons. The second-order valence-corrected chi connectivity index (χ2v) is 8.49. The number of thiophene rings is 1. The van der Waals surface area contributed by atoms with Crippen molar-refractivity contribution in [1.82, 2.24) is 14.8 Å². The molecule has 2 aromatic heterocycles. The summed E-state index contributed by atoms with van der Waals surface area (Å²) in [7, 11) is 3.28. The topological polar surface area (TPSA) is 70.4 Å². The van der Waals surface area contributed by atoms with Gasteiger partial charge in [0.25, 0.3) is 0 Å². The predicted molar refractivity (Wildman–Crippen MR) is 122 cm³/mol. The third-order valence-corrected chi connectivity index (χ3v) is 6.76. The summed E-state index contributed by atoms with van der Waals surface area (Å²) in [4.78, 5) is 5.60. The second-order valence-electron chi connectivity index (χ2n) is 7.51. The number of aromatic nitrogens is 3. The number of anilines is 1. The van der Waals surface area contributed by atoms with Crippen LogP contribution in [0.15, 0.2) is 71.9 Å². The molecule has 0 saturated carbocycles. The van der Waals surface area contributed by atoms with E-state index in [9.17, 15) is 0 Å². The number of rotatable bonds is 4. The van der Waals surface area contributed by atoms with Crippen molar-refractivity contribution in [1.29, 1.82) is 0 Å². The number of methoxy groups -OCH3 is 2. The van der Waals surface area contributed by atoms with Gasteiger partial charge in [-0.25, -0.2) is 4.68 Å². The average Bonchev–Trinajstić information content (AvgIpc) is 3.54. The molecule has 2 aliphatic rings. The zero-order chi connectivity index (χ0) is 21.7. The van der Waals surface area contributed by atoms with Crippen molar-refractivity contribution in [2.24, 2.45) is 0 Å². The first-order chi connectivity index (χ1) is 15.8. The van der Waals surface area contributed by atoms with Crippen LogP contribution in [0, 0.1) is 0 Å². The highest BCUT2D eigenvalue weighted by Gasteiger charge is 2.41. The standard InChI is InChI=1S/C24H20N4O3S/c1-29-17-10-9-14(12-18(17)30-2)22-20-21(27-24-25-13-26-28(22)24)15-6-3-4-7-16(15)31-23(20)19-8-5-11-32-19/h3-13,22-23H,1-2H3,(H,25,26,27)/t22-,23+/m0/s1. The number of nitrogens with one attached hydrogen (secondary N) is 1. The van der Waals surface area contributed by atoms with Crippen LogP contribution >= 0.6 is 11.3 Å². The van der Waals surface area contributed by atoms with E-state index in [1.165, 1.54) is 0 Å². The molecule has 7 nitrogen and oxygen atoms in total. The number of hydrogen-bond acceptors (Lipinski definition) is 7. The van der Waals surface area contributed by atoms with Gasteiger partial charge < -0.3 is 19.5 Å². The van der Waals surface area contributed by atoms with E-state index in [4.69, 9.17) is 14.2 Å². The minimum atomic E-state index is -0.261. The molecule has 0 unspecified atom stereocenters. The Kier molecular flexibility index (Phi) is 4.39. The Labute approximate surface area is 188 Å². The first kappa shape index (κ1) is 18.9. The van der Waals surface area contributed by atoms with Gasteiger partial charge in [-0.3, -0.25) is 0 Å². The van der Waals surface area contributed by atoms with Crippen molar-refractivity contribution >= 4 is 23.0 Å². The van der Waals surface area contributed by atoms with E-state index in [1.807, 2.05) is 47.1 Å². The van der Waals surface area contributed by atoms with Crippen molar-refractivity contribution in [2.45, 2.75) is 12.1 Å². The van der Waals surface area contributed by atoms with E-state index in [0.717, 1.165) is 33.0 Å². The van der Waals surface area contributed by atoms with Gasteiger partial charge in [0.15, 0.2) is 17.6 Å². The number of hydrogen-bond donors (Lipinski definition) is 1. The average molecular weight is 445 g/mol. The monoisotopic (exact) mass is 444 g/mol. The molecule has 0 spiro atoms. The largest absolute Gasteiger partial charge is 0.493 e. The first-order valence-corrected chi connectivity index (χ1v) is 11.1. The lowest BCUT2D eigenvalue weighted by atomic mass is 9.86. The summed E-state index contributed by atoms with van der Waals surface area (Å²) in [5.74, 6) is 2.87. The van der Waals surface area contributed by atoms with E-state index >= 15 is 0 Å². The highest BCUT2D eigenvalue weighted by atomic mass is 32.1. The quantitative estimate of drug-likeness (QED) is 0.482. The Balaban J connectivity index is 1.62. The van der Waals surface area contributed by atoms with Gasteiger partial charge >= 0.3 is 0 Å². The molecule has 4 heterocycles. The summed E-state index contributed by atoms with van der Waals surface area (Å²) in [6, 6.07) is 18.0. The lowest BCUT2D eigenvalue weighted by Crippen LogP contribution is -2.32. The van der Waals surface area contributed by atoms with Crippen molar-refractivity contribution in [2.75, 3.05) is 19.5 Å². The first-order valence-electron chi connectivity index (χ1n) is 10.2. The molecular formula is C24H20N4O3S. The third-order valence-electron chi connectivity index (χ3n) is 5.85. The molecule has 0 aliphatic carbocycles. The van der Waals surface area contributed by atoms with Crippen LogP contribution in [0.4, 0.5) is 5.95 Å². The molecular weight excluding hydrogens is 424 g/mol. The van der Waals surface area contributed by atoms with Crippen LogP contribution < -0.4 is 19.5 Å². The van der Waals surface area contributed by atoms with E-state index in [-0.39, 0.29) is 12.1 Å². The van der Waals surface area contributed by atoms with Gasteiger partial charge in [-0.05, 0) is 41.3 Å². The van der Waals surface area contributed by atoms with E-state index in [0.29, 0.717) is 17.4 Å². The molecule has 0 amide bonds. The van der Waals surface area contributed by atoms with Gasteiger partial charge in [0.05, 0.1) is 19.9 Å². The summed E-state index contributed by atoms with van der Waals surface area (Å²) in [5, 5.41) is 10.1. The van der Waals surface area contributed by atoms with Crippen LogP contribution in [0.25, 0.3) is 5.70 Å². The van der Waals surface area contributed by atoms with Crippen molar-refractivity contribution in [3.63, 3.8) is 0 Å². The lowest BCUT2D eigenvalue weighted by Gasteiger charge is -2.38. The minimum absolute atomic E-state index is 0.232. The summed E-state index contributed by atoms with van der Waals surface area (Å²) < 4.78 is 19.5. The fraction of sp³-hybridized carbons (Fsp3) is 0.167. The Morgan fingerprint density at radius 3 is 2.72 bits per heavy atom. The Bertz CT molecular complexity index is 1330. The Hall–Kier alpha value is -3.78. The maximum Gasteiger partial charge on any atom is 0.226 e. The van der Waals surface area contributed by atoms with Crippen LogP contribution in [0.2, 0.25) is 0 Å². The molecule has 4 aromatic rings. The van der Waals surface area contributed by atoms with Crippen LogP contribution in [-0.2, 0) is 0 Å². The van der Waals surface area contributed by atoms with Gasteiger partial charge in [-0.2, -0.15) is 10.1 Å². The van der Waals surface area contributed by atoms with Crippen molar-refractivity contribution in [3.05, 3.63) is 87.9 Å². The van der Waals surface area contributed by atoms with Crippen LogP contribution in [0.5, 0.6) is 17.2 Å². The number of benzene rings is 2. The van der Waals surface area contributed by atoms with E-state index < -0.39 is 0 Å². The molecule has 6 rings (SSSR count). The summed E-state index contributed by atoms with van der Waals surface area (Å²) in [6.45, 7) is 0. The molecule has 0 radical (unpaired) electrons. The van der Waals surface area contributed by atoms with Gasteiger partial charge in [0.1, 0.15) is 18.1 Å². The minimum Gasteiger partial charge on any atom is -0.493 e. The highest BCUT2D eigenvalue weighted by Crippen LogP contribution is 2.51. The number of ether oxygens (including phenoxy) is 3. The molecule has 2 atom stereocenters.